The zero-order valence-corrected chi connectivity index (χ0v) is 14.0. The molecule has 7 heteroatoms. The van der Waals surface area contributed by atoms with Crippen LogP contribution >= 0.6 is 0 Å². The van der Waals surface area contributed by atoms with Crippen LogP contribution < -0.4 is 4.72 Å². The summed E-state index contributed by atoms with van der Waals surface area (Å²) < 4.78 is 44.9. The molecule has 128 valence electrons. The predicted molar refractivity (Wildman–Crippen MR) is 88.8 cm³/mol. The molecule has 1 N–H and O–H groups in total. The van der Waals surface area contributed by atoms with Crippen LogP contribution in [0.3, 0.4) is 0 Å². The summed E-state index contributed by atoms with van der Waals surface area (Å²) in [6, 6.07) is 10.6. The van der Waals surface area contributed by atoms with Crippen LogP contribution in [0.25, 0.3) is 0 Å². The van der Waals surface area contributed by atoms with Crippen molar-refractivity contribution in [3.8, 4) is 0 Å². The quantitative estimate of drug-likeness (QED) is 0.611. The van der Waals surface area contributed by atoms with Gasteiger partial charge in [-0.1, -0.05) is 19.4 Å². The average molecular weight is 351 g/mol. The van der Waals surface area contributed by atoms with Gasteiger partial charge in [0.15, 0.2) is 0 Å². The number of carbonyl (C=O) groups is 1. The Balaban J connectivity index is 2.07. The van der Waals surface area contributed by atoms with Crippen molar-refractivity contribution in [1.29, 1.82) is 0 Å². The Kier molecular flexibility index (Phi) is 5.92. The molecule has 2 rings (SSSR count). The number of ether oxygens (including phenoxy) is 1. The number of carbonyl (C=O) groups excluding carboxylic acids is 1. The van der Waals surface area contributed by atoms with E-state index in [9.17, 15) is 17.6 Å². The van der Waals surface area contributed by atoms with E-state index >= 15 is 0 Å². The van der Waals surface area contributed by atoms with Gasteiger partial charge in [0.1, 0.15) is 5.82 Å². The number of benzene rings is 2. The number of esters is 1. The van der Waals surface area contributed by atoms with Crippen LogP contribution in [0.15, 0.2) is 53.4 Å². The molecule has 2 aromatic rings. The van der Waals surface area contributed by atoms with Gasteiger partial charge in [0, 0.05) is 5.69 Å². The molecule has 0 atom stereocenters. The van der Waals surface area contributed by atoms with Gasteiger partial charge in [0.05, 0.1) is 17.1 Å². The maximum Gasteiger partial charge on any atom is 0.338 e. The number of unbranched alkanes of at least 4 members (excludes halogenated alkanes) is 1. The van der Waals surface area contributed by atoms with Crippen LogP contribution in [0.5, 0.6) is 0 Å². The second-order valence-corrected chi connectivity index (χ2v) is 6.81. The molecule has 5 nitrogen and oxygen atoms in total. The van der Waals surface area contributed by atoms with Gasteiger partial charge < -0.3 is 4.74 Å². The number of nitrogens with one attached hydrogen (secondary N) is 1. The fourth-order valence-electron chi connectivity index (χ4n) is 1.92. The summed E-state index contributed by atoms with van der Waals surface area (Å²) in [5.74, 6) is -1.09. The molecule has 0 saturated carbocycles. The second kappa shape index (κ2) is 7.92. The Morgan fingerprint density at radius 1 is 1.17 bits per heavy atom. The Bertz CT molecular complexity index is 804. The Labute approximate surface area is 140 Å². The van der Waals surface area contributed by atoms with E-state index in [1.807, 2.05) is 6.92 Å². The summed E-state index contributed by atoms with van der Waals surface area (Å²) in [6.45, 7) is 2.34. The SMILES string of the molecule is CCCCOC(=O)c1ccc(NS(=O)(=O)c2cccc(F)c2)cc1. The van der Waals surface area contributed by atoms with Crippen molar-refractivity contribution in [2.45, 2.75) is 24.7 Å². The summed E-state index contributed by atoms with van der Waals surface area (Å²) >= 11 is 0. The smallest absolute Gasteiger partial charge is 0.338 e. The highest BCUT2D eigenvalue weighted by atomic mass is 32.2. The summed E-state index contributed by atoms with van der Waals surface area (Å²) in [4.78, 5) is 11.6. The Morgan fingerprint density at radius 3 is 2.50 bits per heavy atom. The molecule has 0 unspecified atom stereocenters. The maximum atomic E-state index is 13.2. The molecule has 0 spiro atoms. The predicted octanol–water partition coefficient (Wildman–Crippen LogP) is 3.58. The van der Waals surface area contributed by atoms with E-state index in [2.05, 4.69) is 4.72 Å². The molecular weight excluding hydrogens is 333 g/mol. The third-order valence-corrected chi connectivity index (χ3v) is 4.59. The largest absolute Gasteiger partial charge is 0.462 e. The monoisotopic (exact) mass is 351 g/mol. The lowest BCUT2D eigenvalue weighted by molar-refractivity contribution is 0.0500. The first-order valence-corrected chi connectivity index (χ1v) is 8.96. The molecule has 24 heavy (non-hydrogen) atoms. The minimum Gasteiger partial charge on any atom is -0.462 e. The first-order chi connectivity index (χ1) is 11.4. The molecule has 2 aromatic carbocycles. The maximum absolute atomic E-state index is 13.2. The standard InChI is InChI=1S/C17H18FNO4S/c1-2-3-11-23-17(20)13-7-9-15(10-8-13)19-24(21,22)16-6-4-5-14(18)12-16/h4-10,12,19H,2-3,11H2,1H3. The fourth-order valence-corrected chi connectivity index (χ4v) is 3.00. The third-order valence-electron chi connectivity index (χ3n) is 3.21. The van der Waals surface area contributed by atoms with Crippen molar-refractivity contribution in [3.05, 3.63) is 59.9 Å². The van der Waals surface area contributed by atoms with Crippen LogP contribution in [0, 0.1) is 5.82 Å². The summed E-state index contributed by atoms with van der Waals surface area (Å²) in [6.07, 6.45) is 1.71. The lowest BCUT2D eigenvalue weighted by Gasteiger charge is -2.09. The number of sulfonamides is 1. The molecule has 0 saturated heterocycles. The van der Waals surface area contributed by atoms with Crippen molar-refractivity contribution < 1.29 is 22.3 Å². The van der Waals surface area contributed by atoms with Crippen LogP contribution in [0.1, 0.15) is 30.1 Å². The number of anilines is 1. The van der Waals surface area contributed by atoms with E-state index in [0.29, 0.717) is 12.2 Å². The summed E-state index contributed by atoms with van der Waals surface area (Å²) in [7, 11) is -3.89. The Morgan fingerprint density at radius 2 is 1.88 bits per heavy atom. The van der Waals surface area contributed by atoms with Crippen LogP contribution in [0.4, 0.5) is 10.1 Å². The van der Waals surface area contributed by atoms with Gasteiger partial charge >= 0.3 is 5.97 Å². The van der Waals surface area contributed by atoms with Crippen molar-refractivity contribution in [2.75, 3.05) is 11.3 Å². The molecule has 0 aromatic heterocycles. The molecule has 0 aliphatic heterocycles. The topological polar surface area (TPSA) is 72.5 Å². The van der Waals surface area contributed by atoms with Gasteiger partial charge in [-0.3, -0.25) is 4.72 Å². The first kappa shape index (κ1) is 17.9. The van der Waals surface area contributed by atoms with E-state index in [1.165, 1.54) is 36.4 Å². The van der Waals surface area contributed by atoms with E-state index in [4.69, 9.17) is 4.74 Å². The summed E-state index contributed by atoms with van der Waals surface area (Å²) in [5, 5.41) is 0. The van der Waals surface area contributed by atoms with Crippen molar-refractivity contribution in [1.82, 2.24) is 0 Å². The highest BCUT2D eigenvalue weighted by Crippen LogP contribution is 2.17. The molecule has 0 heterocycles. The lowest BCUT2D eigenvalue weighted by atomic mass is 10.2. The fraction of sp³-hybridized carbons (Fsp3) is 0.235. The molecule has 0 amide bonds. The van der Waals surface area contributed by atoms with Crippen LogP contribution in [-0.2, 0) is 14.8 Å². The van der Waals surface area contributed by atoms with E-state index in [1.54, 1.807) is 0 Å². The minimum absolute atomic E-state index is 0.175. The number of halogens is 1. The van der Waals surface area contributed by atoms with Gasteiger partial charge in [0.2, 0.25) is 0 Å². The second-order valence-electron chi connectivity index (χ2n) is 5.13. The molecule has 0 radical (unpaired) electrons. The molecule has 0 fully saturated rings. The Hall–Kier alpha value is -2.41. The van der Waals surface area contributed by atoms with Gasteiger partial charge in [-0.25, -0.2) is 17.6 Å². The first-order valence-electron chi connectivity index (χ1n) is 7.48. The minimum atomic E-state index is -3.89. The third kappa shape index (κ3) is 4.79. The number of hydrogen-bond donors (Lipinski definition) is 1. The van der Waals surface area contributed by atoms with Crippen LogP contribution in [-0.4, -0.2) is 21.0 Å². The highest BCUT2D eigenvalue weighted by molar-refractivity contribution is 7.92. The molecule has 0 aliphatic carbocycles. The molecule has 0 aliphatic rings. The van der Waals surface area contributed by atoms with Crippen molar-refractivity contribution >= 4 is 21.7 Å². The van der Waals surface area contributed by atoms with Crippen molar-refractivity contribution in [3.63, 3.8) is 0 Å². The molecular formula is C17H18FNO4S. The molecule has 0 bridgehead atoms. The normalized spacial score (nSPS) is 11.1. The zero-order chi connectivity index (χ0) is 17.6. The van der Waals surface area contributed by atoms with Gasteiger partial charge in [-0.15, -0.1) is 0 Å². The van der Waals surface area contributed by atoms with Crippen molar-refractivity contribution in [2.24, 2.45) is 0 Å². The summed E-state index contributed by atoms with van der Waals surface area (Å²) in [5.41, 5.74) is 0.601. The van der Waals surface area contributed by atoms with Gasteiger partial charge in [-0.2, -0.15) is 0 Å². The van der Waals surface area contributed by atoms with E-state index < -0.39 is 21.8 Å². The van der Waals surface area contributed by atoms with E-state index in [0.717, 1.165) is 25.0 Å². The highest BCUT2D eigenvalue weighted by Gasteiger charge is 2.15. The van der Waals surface area contributed by atoms with E-state index in [-0.39, 0.29) is 10.6 Å². The number of hydrogen-bond acceptors (Lipinski definition) is 4. The average Bonchev–Trinajstić information content (AvgIpc) is 2.55. The number of rotatable bonds is 7. The van der Waals surface area contributed by atoms with Gasteiger partial charge in [0.25, 0.3) is 10.0 Å². The van der Waals surface area contributed by atoms with Crippen LogP contribution in [0.2, 0.25) is 0 Å². The van der Waals surface area contributed by atoms with Gasteiger partial charge in [-0.05, 0) is 48.9 Å². The lowest BCUT2D eigenvalue weighted by Crippen LogP contribution is -2.13. The zero-order valence-electron chi connectivity index (χ0n) is 13.2.